The number of fused-ring (bicyclic) bond motifs is 1. The van der Waals surface area contributed by atoms with E-state index in [1.807, 2.05) is 0 Å². The number of carbonyl (C=O) groups excluding carboxylic acids is 2. The number of amides is 1. The van der Waals surface area contributed by atoms with Gasteiger partial charge >= 0.3 is 13.1 Å². The molecular formula is C13H14BNO6. The van der Waals surface area contributed by atoms with Crippen LogP contribution in [0.2, 0.25) is 0 Å². The fourth-order valence-corrected chi connectivity index (χ4v) is 2.13. The Balaban J connectivity index is 2.21. The third-order valence-electron chi connectivity index (χ3n) is 3.24. The summed E-state index contributed by atoms with van der Waals surface area (Å²) in [5.41, 5.74) is 0.496. The molecule has 0 aliphatic carbocycles. The first-order valence-corrected chi connectivity index (χ1v) is 6.47. The van der Waals surface area contributed by atoms with Gasteiger partial charge in [0.25, 0.3) is 5.91 Å². The summed E-state index contributed by atoms with van der Waals surface area (Å²) in [6.07, 6.45) is 0.246. The third-order valence-corrected chi connectivity index (χ3v) is 3.24. The van der Waals surface area contributed by atoms with Crippen molar-refractivity contribution in [3.8, 4) is 5.75 Å². The maximum atomic E-state index is 11.6. The number of rotatable bonds is 4. The SMILES string of the molecule is CCC(=O)C(=O)N[C@H]1Cc2cccc(C(=O)O)c2OB1O. The quantitative estimate of drug-likeness (QED) is 0.523. The van der Waals surface area contributed by atoms with Crippen LogP contribution in [0.25, 0.3) is 0 Å². The maximum Gasteiger partial charge on any atom is 0.547 e. The topological polar surface area (TPSA) is 113 Å². The number of ketones is 1. The van der Waals surface area contributed by atoms with Gasteiger partial charge in [0.15, 0.2) is 0 Å². The molecule has 21 heavy (non-hydrogen) atoms. The molecular weight excluding hydrogens is 277 g/mol. The number of aromatic carboxylic acids is 1. The van der Waals surface area contributed by atoms with Crippen molar-refractivity contribution in [2.24, 2.45) is 0 Å². The van der Waals surface area contributed by atoms with Gasteiger partial charge in [-0.05, 0) is 18.1 Å². The number of hydrogen-bond donors (Lipinski definition) is 3. The highest BCUT2D eigenvalue weighted by molar-refractivity contribution is 6.48. The average molecular weight is 291 g/mol. The van der Waals surface area contributed by atoms with Crippen molar-refractivity contribution >= 4 is 24.8 Å². The molecule has 0 saturated carbocycles. The summed E-state index contributed by atoms with van der Waals surface area (Å²) in [6.45, 7) is 1.56. The molecule has 1 aliphatic heterocycles. The number of Topliss-reactive ketones (excluding diaryl/α,β-unsaturated/α-hetero) is 1. The van der Waals surface area contributed by atoms with E-state index in [4.69, 9.17) is 9.76 Å². The summed E-state index contributed by atoms with van der Waals surface area (Å²) >= 11 is 0. The molecule has 1 atom stereocenters. The van der Waals surface area contributed by atoms with Crippen molar-refractivity contribution in [3.63, 3.8) is 0 Å². The molecule has 0 unspecified atom stereocenters. The number of carboxylic acids is 1. The van der Waals surface area contributed by atoms with E-state index in [0.717, 1.165) is 0 Å². The molecule has 110 valence electrons. The van der Waals surface area contributed by atoms with Gasteiger partial charge in [-0.2, -0.15) is 0 Å². The molecule has 1 aromatic rings. The van der Waals surface area contributed by atoms with Gasteiger partial charge in [0, 0.05) is 6.42 Å². The van der Waals surface area contributed by atoms with Gasteiger partial charge < -0.3 is 20.1 Å². The van der Waals surface area contributed by atoms with Crippen LogP contribution in [-0.2, 0) is 16.0 Å². The second kappa shape index (κ2) is 5.96. The van der Waals surface area contributed by atoms with Crippen LogP contribution in [0.5, 0.6) is 5.75 Å². The van der Waals surface area contributed by atoms with Crippen LogP contribution in [0.1, 0.15) is 29.3 Å². The first-order valence-electron chi connectivity index (χ1n) is 6.47. The molecule has 2 rings (SSSR count). The zero-order valence-corrected chi connectivity index (χ0v) is 11.3. The zero-order valence-electron chi connectivity index (χ0n) is 11.3. The molecule has 0 spiro atoms. The second-order valence-electron chi connectivity index (χ2n) is 4.67. The predicted octanol–water partition coefficient (Wildman–Crippen LogP) is -0.197. The van der Waals surface area contributed by atoms with Crippen molar-refractivity contribution in [2.75, 3.05) is 0 Å². The lowest BCUT2D eigenvalue weighted by Crippen LogP contribution is -2.54. The highest BCUT2D eigenvalue weighted by Gasteiger charge is 2.38. The molecule has 1 heterocycles. The minimum atomic E-state index is -1.41. The van der Waals surface area contributed by atoms with Gasteiger partial charge in [-0.15, -0.1) is 0 Å². The fraction of sp³-hybridized carbons (Fsp3) is 0.308. The van der Waals surface area contributed by atoms with Gasteiger partial charge in [0.1, 0.15) is 5.75 Å². The fourth-order valence-electron chi connectivity index (χ4n) is 2.13. The van der Waals surface area contributed by atoms with Crippen molar-refractivity contribution in [1.82, 2.24) is 5.32 Å². The maximum absolute atomic E-state index is 11.6. The normalized spacial score (nSPS) is 16.7. The number of carbonyl (C=O) groups is 3. The summed E-state index contributed by atoms with van der Waals surface area (Å²) < 4.78 is 5.20. The predicted molar refractivity (Wildman–Crippen MR) is 72.9 cm³/mol. The van der Waals surface area contributed by atoms with Crippen molar-refractivity contribution < 1.29 is 29.2 Å². The van der Waals surface area contributed by atoms with E-state index in [9.17, 15) is 19.4 Å². The van der Waals surface area contributed by atoms with Gasteiger partial charge in [0.2, 0.25) is 5.78 Å². The van der Waals surface area contributed by atoms with Crippen LogP contribution < -0.4 is 9.97 Å². The van der Waals surface area contributed by atoms with Crippen LogP contribution in [-0.4, -0.2) is 40.8 Å². The largest absolute Gasteiger partial charge is 0.547 e. The van der Waals surface area contributed by atoms with E-state index in [1.165, 1.54) is 6.07 Å². The first-order chi connectivity index (χ1) is 9.93. The Bertz CT molecular complexity index is 602. The minimum absolute atomic E-state index is 0.0547. The lowest BCUT2D eigenvalue weighted by molar-refractivity contribution is -0.137. The lowest BCUT2D eigenvalue weighted by Gasteiger charge is -2.28. The molecule has 1 aliphatic rings. The highest BCUT2D eigenvalue weighted by Crippen LogP contribution is 2.30. The van der Waals surface area contributed by atoms with Crippen LogP contribution in [0, 0.1) is 0 Å². The van der Waals surface area contributed by atoms with E-state index in [2.05, 4.69) is 5.32 Å². The molecule has 0 saturated heterocycles. The van der Waals surface area contributed by atoms with Crippen molar-refractivity contribution in [3.05, 3.63) is 29.3 Å². The average Bonchev–Trinajstić information content (AvgIpc) is 2.46. The summed E-state index contributed by atoms with van der Waals surface area (Å²) in [5, 5.41) is 21.3. The number of benzene rings is 1. The standard InChI is InChI=1S/C13H14BNO6/c1-2-9(16)12(17)15-10-6-7-4-3-5-8(13(18)19)11(7)21-14(10)20/h3-5,10,20H,2,6H2,1H3,(H,15,17)(H,18,19)/t10-/m0/s1. The molecule has 7 nitrogen and oxygen atoms in total. The Kier molecular flexibility index (Phi) is 4.27. The first kappa shape index (κ1) is 15.1. The number of hydrogen-bond acceptors (Lipinski definition) is 5. The van der Waals surface area contributed by atoms with E-state index < -0.39 is 30.7 Å². The monoisotopic (exact) mass is 291 g/mol. The molecule has 0 bridgehead atoms. The molecule has 3 N–H and O–H groups in total. The van der Waals surface area contributed by atoms with E-state index >= 15 is 0 Å². The summed E-state index contributed by atoms with van der Waals surface area (Å²) in [5.74, 6) is -3.26. The molecule has 0 aromatic heterocycles. The lowest BCUT2D eigenvalue weighted by atomic mass is 9.72. The Labute approximate surface area is 121 Å². The third kappa shape index (κ3) is 3.05. The van der Waals surface area contributed by atoms with Gasteiger partial charge in [-0.25, -0.2) is 4.79 Å². The Morgan fingerprint density at radius 1 is 1.43 bits per heavy atom. The molecule has 1 amide bonds. The Hall–Kier alpha value is -2.35. The van der Waals surface area contributed by atoms with Crippen LogP contribution >= 0.6 is 0 Å². The molecule has 1 aromatic carbocycles. The minimum Gasteiger partial charge on any atom is -0.534 e. The molecule has 0 radical (unpaired) electrons. The van der Waals surface area contributed by atoms with Gasteiger partial charge in [0.05, 0.1) is 11.5 Å². The Morgan fingerprint density at radius 2 is 2.14 bits per heavy atom. The zero-order chi connectivity index (χ0) is 15.6. The van der Waals surface area contributed by atoms with Crippen molar-refractivity contribution in [2.45, 2.75) is 25.7 Å². The summed E-state index contributed by atoms with van der Waals surface area (Å²) in [4.78, 5) is 33.9. The van der Waals surface area contributed by atoms with E-state index in [-0.39, 0.29) is 24.2 Å². The van der Waals surface area contributed by atoms with Gasteiger partial charge in [-0.3, -0.25) is 9.59 Å². The van der Waals surface area contributed by atoms with Crippen LogP contribution in [0.3, 0.4) is 0 Å². The molecule has 0 fully saturated rings. The van der Waals surface area contributed by atoms with Gasteiger partial charge in [-0.1, -0.05) is 19.1 Å². The summed E-state index contributed by atoms with van der Waals surface area (Å²) in [7, 11) is -1.41. The second-order valence-corrected chi connectivity index (χ2v) is 4.67. The number of nitrogens with one attached hydrogen (secondary N) is 1. The number of carboxylic acid groups (broad SMARTS) is 1. The van der Waals surface area contributed by atoms with Crippen LogP contribution in [0.15, 0.2) is 18.2 Å². The smallest absolute Gasteiger partial charge is 0.534 e. The van der Waals surface area contributed by atoms with E-state index in [0.29, 0.717) is 5.56 Å². The highest BCUT2D eigenvalue weighted by atomic mass is 16.5. The van der Waals surface area contributed by atoms with E-state index in [1.54, 1.807) is 19.1 Å². The number of para-hydroxylation sites is 1. The Morgan fingerprint density at radius 3 is 2.76 bits per heavy atom. The molecule has 8 heteroatoms. The van der Waals surface area contributed by atoms with Crippen LogP contribution in [0.4, 0.5) is 0 Å². The summed E-state index contributed by atoms with van der Waals surface area (Å²) in [6, 6.07) is 4.57. The van der Waals surface area contributed by atoms with Crippen molar-refractivity contribution in [1.29, 1.82) is 0 Å².